The van der Waals surface area contributed by atoms with Crippen molar-refractivity contribution in [3.05, 3.63) is 155 Å². The van der Waals surface area contributed by atoms with Gasteiger partial charge in [-0.25, -0.2) is 9.37 Å². The number of hydrazine groups is 1. The number of benzene rings is 5. The molecule has 0 unspecified atom stereocenters. The van der Waals surface area contributed by atoms with E-state index in [1.165, 1.54) is 35.2 Å². The van der Waals surface area contributed by atoms with Gasteiger partial charge in [0.05, 0.1) is 34.5 Å². The minimum Gasteiger partial charge on any atom is -0.508 e. The lowest BCUT2D eigenvalue weighted by atomic mass is 9.49. The number of phenols is 1. The van der Waals surface area contributed by atoms with Crippen molar-refractivity contribution in [2.24, 2.45) is 23.7 Å². The summed E-state index contributed by atoms with van der Waals surface area (Å²) in [5.74, 6) is -5.89. The van der Waals surface area contributed by atoms with Gasteiger partial charge < -0.3 is 9.52 Å². The number of allylic oxidation sites excluding steroid dienone is 2. The standard InChI is InChI=1S/C45H32ClFN4O6/c46-27-12-10-26(11-13-27)45-35(42(54)51(44(45)56)49-29-16-14-28(47)15-17-29)23-34-32(39(45)25-4-3-5-31(52)22-25)20-21-33-38(34)43(55)50(41(33)53)30-18-8-24(9-19-30)40-48-36-6-1-2-7-37(36)57-40/h1-20,22,33-35,38-39,49,52H,21,23H2/t33-,34+,35-,38-,39-,45+/m0/s1. The molecule has 6 atom stereocenters. The number of anilines is 2. The minimum absolute atomic E-state index is 0.0376. The molecule has 2 aliphatic heterocycles. The summed E-state index contributed by atoms with van der Waals surface area (Å²) in [5.41, 5.74) is 5.98. The van der Waals surface area contributed by atoms with Crippen LogP contribution in [0.1, 0.15) is 29.9 Å². The summed E-state index contributed by atoms with van der Waals surface area (Å²) in [5, 5.41) is 12.2. The number of hydrogen-bond acceptors (Lipinski definition) is 8. The van der Waals surface area contributed by atoms with Crippen LogP contribution in [0.3, 0.4) is 0 Å². The fourth-order valence-electron chi connectivity index (χ4n) is 9.74. The zero-order valence-corrected chi connectivity index (χ0v) is 30.8. The van der Waals surface area contributed by atoms with Crippen LogP contribution in [0.25, 0.3) is 22.6 Å². The summed E-state index contributed by atoms with van der Waals surface area (Å²) >= 11 is 6.37. The van der Waals surface area contributed by atoms with Gasteiger partial charge in [0.1, 0.15) is 17.1 Å². The van der Waals surface area contributed by atoms with Gasteiger partial charge in [0.15, 0.2) is 5.58 Å². The molecule has 10 nitrogen and oxygen atoms in total. The van der Waals surface area contributed by atoms with Crippen LogP contribution in [0, 0.1) is 29.5 Å². The predicted molar refractivity (Wildman–Crippen MR) is 209 cm³/mol. The zero-order valence-electron chi connectivity index (χ0n) is 30.0. The number of amides is 4. The highest BCUT2D eigenvalue weighted by Crippen LogP contribution is 2.64. The number of aromatic hydroxyl groups is 1. The number of carbonyl (C=O) groups excluding carboxylic acids is 4. The molecule has 0 spiro atoms. The lowest BCUT2D eigenvalue weighted by molar-refractivity contribution is -0.138. The molecular formula is C45H32ClFN4O6. The lowest BCUT2D eigenvalue weighted by Crippen LogP contribution is -2.53. The number of nitrogens with zero attached hydrogens (tertiary/aromatic N) is 3. The fraction of sp³-hybridized carbons (Fsp3) is 0.178. The first kappa shape index (κ1) is 34.9. The number of para-hydroxylation sites is 2. The summed E-state index contributed by atoms with van der Waals surface area (Å²) in [6.07, 6.45) is 2.27. The Balaban J connectivity index is 1.07. The number of imide groups is 2. The second-order valence-corrected chi connectivity index (χ2v) is 15.5. The van der Waals surface area contributed by atoms with Crippen LogP contribution in [0.2, 0.25) is 5.02 Å². The molecule has 57 heavy (non-hydrogen) atoms. The number of nitrogens with one attached hydrogen (secondary N) is 1. The van der Waals surface area contributed by atoms with Gasteiger partial charge in [-0.1, -0.05) is 59.6 Å². The third-order valence-electron chi connectivity index (χ3n) is 12.1. The summed E-state index contributed by atoms with van der Waals surface area (Å²) in [7, 11) is 0. The van der Waals surface area contributed by atoms with Gasteiger partial charge in [0.2, 0.25) is 17.7 Å². The van der Waals surface area contributed by atoms with Crippen LogP contribution in [0.5, 0.6) is 5.75 Å². The average molecular weight is 779 g/mol. The summed E-state index contributed by atoms with van der Waals surface area (Å²) in [6.45, 7) is 0. The molecule has 5 aromatic carbocycles. The molecule has 4 amide bonds. The van der Waals surface area contributed by atoms with Crippen molar-refractivity contribution in [3.8, 4) is 17.2 Å². The highest BCUT2D eigenvalue weighted by molar-refractivity contribution is 6.30. The van der Waals surface area contributed by atoms with Crippen molar-refractivity contribution in [1.82, 2.24) is 9.99 Å². The quantitative estimate of drug-likeness (QED) is 0.128. The third-order valence-corrected chi connectivity index (χ3v) is 12.4. The Bertz CT molecular complexity index is 2650. The van der Waals surface area contributed by atoms with E-state index in [1.807, 2.05) is 30.3 Å². The van der Waals surface area contributed by atoms with E-state index in [0.29, 0.717) is 50.1 Å². The largest absolute Gasteiger partial charge is 0.508 e. The third kappa shape index (κ3) is 5.25. The molecule has 2 aliphatic carbocycles. The Morgan fingerprint density at radius 2 is 1.58 bits per heavy atom. The maximum Gasteiger partial charge on any atom is 0.260 e. The fourth-order valence-corrected chi connectivity index (χ4v) is 9.86. The molecule has 0 bridgehead atoms. The molecule has 1 aromatic heterocycles. The SMILES string of the molecule is O=C1[C@@H]2C[C@@H]3C(=CC[C@@H]4C(=O)N(c5ccc(-c6nc7ccccc7o6)cc5)C(=O)[C@@H]43)[C@H](c3cccc(O)c3)[C@]2(c2ccc(Cl)cc2)C(=O)N1Nc1ccc(F)cc1. The molecule has 2 N–H and O–H groups in total. The Labute approximate surface area is 330 Å². The van der Waals surface area contributed by atoms with E-state index in [4.69, 9.17) is 16.0 Å². The second kappa shape index (κ2) is 13.0. The number of fused-ring (bicyclic) bond motifs is 5. The zero-order chi connectivity index (χ0) is 39.2. The molecule has 1 saturated carbocycles. The van der Waals surface area contributed by atoms with Crippen LogP contribution in [-0.4, -0.2) is 38.7 Å². The van der Waals surface area contributed by atoms with Crippen LogP contribution < -0.4 is 10.3 Å². The van der Waals surface area contributed by atoms with Crippen LogP contribution in [0.15, 0.2) is 137 Å². The van der Waals surface area contributed by atoms with E-state index >= 15 is 4.79 Å². The maximum absolute atomic E-state index is 15.2. The average Bonchev–Trinajstić information content (AvgIpc) is 3.83. The van der Waals surface area contributed by atoms with Gasteiger partial charge >= 0.3 is 0 Å². The van der Waals surface area contributed by atoms with Crippen molar-refractivity contribution in [2.75, 3.05) is 10.3 Å². The predicted octanol–water partition coefficient (Wildman–Crippen LogP) is 8.18. The normalized spacial score (nSPS) is 25.4. The molecule has 0 radical (unpaired) electrons. The first-order valence-electron chi connectivity index (χ1n) is 18.6. The summed E-state index contributed by atoms with van der Waals surface area (Å²) < 4.78 is 19.8. The Morgan fingerprint density at radius 3 is 2.32 bits per heavy atom. The Morgan fingerprint density at radius 1 is 0.825 bits per heavy atom. The minimum atomic E-state index is -1.55. The topological polar surface area (TPSA) is 133 Å². The van der Waals surface area contributed by atoms with Gasteiger partial charge in [0, 0.05) is 16.5 Å². The first-order chi connectivity index (χ1) is 27.6. The first-order valence-corrected chi connectivity index (χ1v) is 19.0. The Hall–Kier alpha value is -6.59. The smallest absolute Gasteiger partial charge is 0.260 e. The summed E-state index contributed by atoms with van der Waals surface area (Å²) in [6, 6.07) is 33.0. The molecule has 12 heteroatoms. The van der Waals surface area contributed by atoms with Gasteiger partial charge in [0.25, 0.3) is 11.8 Å². The molecule has 6 aromatic rings. The van der Waals surface area contributed by atoms with E-state index in [-0.39, 0.29) is 30.4 Å². The van der Waals surface area contributed by atoms with Gasteiger partial charge in [-0.3, -0.25) is 29.5 Å². The van der Waals surface area contributed by atoms with Gasteiger partial charge in [-0.05, 0) is 115 Å². The van der Waals surface area contributed by atoms with Gasteiger partial charge in [-0.2, -0.15) is 5.01 Å². The molecule has 2 saturated heterocycles. The molecule has 10 rings (SSSR count). The number of hydrogen-bond donors (Lipinski definition) is 2. The number of phenolic OH excluding ortho intramolecular Hbond substituents is 1. The van der Waals surface area contributed by atoms with Crippen molar-refractivity contribution < 1.29 is 33.1 Å². The molecular weight excluding hydrogens is 747 g/mol. The van der Waals surface area contributed by atoms with Crippen molar-refractivity contribution in [1.29, 1.82) is 0 Å². The highest BCUT2D eigenvalue weighted by atomic mass is 35.5. The van der Waals surface area contributed by atoms with Crippen molar-refractivity contribution in [3.63, 3.8) is 0 Å². The number of aromatic nitrogens is 1. The lowest BCUT2D eigenvalue weighted by Gasteiger charge is -2.50. The van der Waals surface area contributed by atoms with E-state index < -0.39 is 52.6 Å². The number of oxazole rings is 1. The van der Waals surface area contributed by atoms with E-state index in [1.54, 1.807) is 66.7 Å². The Kier molecular flexibility index (Phi) is 7.95. The maximum atomic E-state index is 15.2. The van der Waals surface area contributed by atoms with E-state index in [2.05, 4.69) is 10.4 Å². The molecule has 282 valence electrons. The van der Waals surface area contributed by atoms with E-state index in [9.17, 15) is 23.9 Å². The number of rotatable bonds is 6. The van der Waals surface area contributed by atoms with Crippen LogP contribution in [0.4, 0.5) is 15.8 Å². The monoisotopic (exact) mass is 778 g/mol. The van der Waals surface area contributed by atoms with E-state index in [0.717, 1.165) is 10.6 Å². The molecule has 4 aliphatic rings. The molecule has 3 fully saturated rings. The molecule has 3 heterocycles. The highest BCUT2D eigenvalue weighted by Gasteiger charge is 2.70. The summed E-state index contributed by atoms with van der Waals surface area (Å²) in [4.78, 5) is 64.8. The number of halogens is 2. The van der Waals surface area contributed by atoms with Crippen LogP contribution in [-0.2, 0) is 24.6 Å². The second-order valence-electron chi connectivity index (χ2n) is 15.0. The number of carbonyl (C=O) groups is 4. The van der Waals surface area contributed by atoms with Gasteiger partial charge in [-0.15, -0.1) is 0 Å². The van der Waals surface area contributed by atoms with Crippen LogP contribution >= 0.6 is 11.6 Å². The van der Waals surface area contributed by atoms with Crippen molar-refractivity contribution >= 4 is 57.7 Å². The van der Waals surface area contributed by atoms with Crippen molar-refractivity contribution in [2.45, 2.75) is 24.2 Å².